The summed E-state index contributed by atoms with van der Waals surface area (Å²) in [5.74, 6) is 0.406. The first-order valence-electron chi connectivity index (χ1n) is 7.10. The van der Waals surface area contributed by atoms with Crippen LogP contribution in [0.1, 0.15) is 43.7 Å². The molecule has 1 fully saturated rings. The van der Waals surface area contributed by atoms with Gasteiger partial charge in [-0.3, -0.25) is 0 Å². The number of benzene rings is 1. The minimum absolute atomic E-state index is 0.0576. The van der Waals surface area contributed by atoms with Crippen molar-refractivity contribution in [2.45, 2.75) is 57.4 Å². The Kier molecular flexibility index (Phi) is 4.92. The van der Waals surface area contributed by atoms with Crippen LogP contribution in [0.4, 0.5) is 0 Å². The number of sulfonamides is 1. The van der Waals surface area contributed by atoms with Gasteiger partial charge in [0, 0.05) is 10.5 Å². The van der Waals surface area contributed by atoms with Gasteiger partial charge < -0.3 is 0 Å². The van der Waals surface area contributed by atoms with Gasteiger partial charge in [0.1, 0.15) is 0 Å². The SMILES string of the molecule is Cc1cc(Br)c(S(=O)(=O)N[C@H]2CCCC[C@@H]2C)cc1C. The molecule has 0 amide bonds. The van der Waals surface area contributed by atoms with E-state index in [0.29, 0.717) is 15.3 Å². The van der Waals surface area contributed by atoms with E-state index in [2.05, 4.69) is 27.6 Å². The second-order valence-electron chi connectivity index (χ2n) is 5.86. The molecular weight excluding hydrogens is 338 g/mol. The summed E-state index contributed by atoms with van der Waals surface area (Å²) in [7, 11) is -3.46. The molecule has 2 rings (SSSR count). The zero-order chi connectivity index (χ0) is 14.9. The van der Waals surface area contributed by atoms with Crippen LogP contribution in [0.25, 0.3) is 0 Å². The van der Waals surface area contributed by atoms with Crippen molar-refractivity contribution in [1.82, 2.24) is 4.72 Å². The Hall–Kier alpha value is -0.390. The molecule has 0 aromatic heterocycles. The van der Waals surface area contributed by atoms with Crippen LogP contribution in [0.15, 0.2) is 21.5 Å². The zero-order valence-corrected chi connectivity index (χ0v) is 14.6. The Balaban J connectivity index is 2.28. The topological polar surface area (TPSA) is 46.2 Å². The molecule has 1 aliphatic carbocycles. The highest BCUT2D eigenvalue weighted by molar-refractivity contribution is 9.10. The quantitative estimate of drug-likeness (QED) is 0.888. The third-order valence-corrected chi connectivity index (χ3v) is 6.70. The minimum atomic E-state index is -3.46. The summed E-state index contributed by atoms with van der Waals surface area (Å²) in [6, 6.07) is 3.67. The van der Waals surface area contributed by atoms with Crippen LogP contribution in [0.2, 0.25) is 0 Å². The van der Waals surface area contributed by atoms with E-state index in [9.17, 15) is 8.42 Å². The van der Waals surface area contributed by atoms with Crippen molar-refractivity contribution in [2.24, 2.45) is 5.92 Å². The van der Waals surface area contributed by atoms with Gasteiger partial charge in [0.05, 0.1) is 4.90 Å². The summed E-state index contributed by atoms with van der Waals surface area (Å²) in [6.07, 6.45) is 4.34. The lowest BCUT2D eigenvalue weighted by Gasteiger charge is -2.29. The molecular formula is C15H22BrNO2S. The van der Waals surface area contributed by atoms with Crippen molar-refractivity contribution in [3.05, 3.63) is 27.7 Å². The normalized spacial score (nSPS) is 23.8. The summed E-state index contributed by atoms with van der Waals surface area (Å²) in [5.41, 5.74) is 2.08. The fourth-order valence-corrected chi connectivity index (χ4v) is 5.33. The molecule has 1 aromatic carbocycles. The molecule has 0 aliphatic heterocycles. The van der Waals surface area contributed by atoms with Crippen LogP contribution in [-0.2, 0) is 10.0 Å². The van der Waals surface area contributed by atoms with Gasteiger partial charge in [-0.05, 0) is 71.8 Å². The lowest BCUT2D eigenvalue weighted by molar-refractivity contribution is 0.310. The fourth-order valence-electron chi connectivity index (χ4n) is 2.71. The van der Waals surface area contributed by atoms with Crippen molar-refractivity contribution >= 4 is 26.0 Å². The van der Waals surface area contributed by atoms with Gasteiger partial charge in [0.15, 0.2) is 0 Å². The maximum atomic E-state index is 12.6. The van der Waals surface area contributed by atoms with E-state index in [4.69, 9.17) is 0 Å². The second-order valence-corrected chi connectivity index (χ2v) is 8.39. The molecule has 1 saturated carbocycles. The van der Waals surface area contributed by atoms with Gasteiger partial charge in [0.2, 0.25) is 10.0 Å². The third kappa shape index (κ3) is 3.43. The lowest BCUT2D eigenvalue weighted by Crippen LogP contribution is -2.41. The molecule has 1 aliphatic rings. The van der Waals surface area contributed by atoms with E-state index in [1.165, 1.54) is 6.42 Å². The van der Waals surface area contributed by atoms with Crippen molar-refractivity contribution in [3.63, 3.8) is 0 Å². The number of aryl methyl sites for hydroxylation is 2. The first-order chi connectivity index (χ1) is 9.31. The Labute approximate surface area is 130 Å². The van der Waals surface area contributed by atoms with E-state index in [1.807, 2.05) is 19.9 Å². The highest BCUT2D eigenvalue weighted by Crippen LogP contribution is 2.29. The Bertz CT molecular complexity index is 598. The molecule has 0 heterocycles. The zero-order valence-electron chi connectivity index (χ0n) is 12.2. The highest BCUT2D eigenvalue weighted by Gasteiger charge is 2.28. The van der Waals surface area contributed by atoms with E-state index in [-0.39, 0.29) is 6.04 Å². The van der Waals surface area contributed by atoms with Crippen molar-refractivity contribution in [2.75, 3.05) is 0 Å². The monoisotopic (exact) mass is 359 g/mol. The van der Waals surface area contributed by atoms with Gasteiger partial charge in [-0.1, -0.05) is 19.8 Å². The molecule has 20 heavy (non-hydrogen) atoms. The van der Waals surface area contributed by atoms with Crippen molar-refractivity contribution in [1.29, 1.82) is 0 Å². The number of hydrogen-bond donors (Lipinski definition) is 1. The molecule has 3 nitrogen and oxygen atoms in total. The standard InChI is InChI=1S/C15H22BrNO2S/c1-10-6-4-5-7-14(10)17-20(18,19)15-9-12(3)11(2)8-13(15)16/h8-10,14,17H,4-7H2,1-3H3/t10-,14-/m0/s1. The van der Waals surface area contributed by atoms with Crippen LogP contribution < -0.4 is 4.72 Å². The molecule has 0 bridgehead atoms. The number of halogens is 1. The number of hydrogen-bond acceptors (Lipinski definition) is 2. The Morgan fingerprint density at radius 2 is 1.75 bits per heavy atom. The van der Waals surface area contributed by atoms with Crippen molar-refractivity contribution < 1.29 is 8.42 Å². The average molecular weight is 360 g/mol. The molecule has 1 aromatic rings. The van der Waals surface area contributed by atoms with Crippen LogP contribution in [0, 0.1) is 19.8 Å². The predicted octanol–water partition coefficient (Wildman–Crippen LogP) is 3.92. The molecule has 2 atom stereocenters. The molecule has 0 saturated heterocycles. The highest BCUT2D eigenvalue weighted by atomic mass is 79.9. The first-order valence-corrected chi connectivity index (χ1v) is 9.38. The van der Waals surface area contributed by atoms with E-state index < -0.39 is 10.0 Å². The molecule has 0 spiro atoms. The Morgan fingerprint density at radius 3 is 2.40 bits per heavy atom. The molecule has 112 valence electrons. The fraction of sp³-hybridized carbons (Fsp3) is 0.600. The summed E-state index contributed by atoms with van der Waals surface area (Å²) >= 11 is 3.38. The van der Waals surface area contributed by atoms with E-state index in [0.717, 1.165) is 30.4 Å². The predicted molar refractivity (Wildman–Crippen MR) is 85.4 cm³/mol. The summed E-state index contributed by atoms with van der Waals surface area (Å²) < 4.78 is 28.7. The summed E-state index contributed by atoms with van der Waals surface area (Å²) in [6.45, 7) is 6.04. The second kappa shape index (κ2) is 6.16. The van der Waals surface area contributed by atoms with Gasteiger partial charge in [-0.25, -0.2) is 13.1 Å². The summed E-state index contributed by atoms with van der Waals surface area (Å²) in [4.78, 5) is 0.346. The van der Waals surface area contributed by atoms with Gasteiger partial charge in [-0.15, -0.1) is 0 Å². The summed E-state index contributed by atoms with van der Waals surface area (Å²) in [5, 5.41) is 0. The molecule has 0 unspecified atom stereocenters. The number of rotatable bonds is 3. The maximum absolute atomic E-state index is 12.6. The smallest absolute Gasteiger partial charge is 0.208 e. The van der Waals surface area contributed by atoms with Crippen LogP contribution in [0.5, 0.6) is 0 Å². The molecule has 1 N–H and O–H groups in total. The maximum Gasteiger partial charge on any atom is 0.241 e. The number of nitrogens with one attached hydrogen (secondary N) is 1. The molecule has 0 radical (unpaired) electrons. The van der Waals surface area contributed by atoms with Crippen LogP contribution in [-0.4, -0.2) is 14.5 Å². The Morgan fingerprint density at radius 1 is 1.15 bits per heavy atom. The minimum Gasteiger partial charge on any atom is -0.208 e. The van der Waals surface area contributed by atoms with Gasteiger partial charge >= 0.3 is 0 Å². The van der Waals surface area contributed by atoms with Crippen molar-refractivity contribution in [3.8, 4) is 0 Å². The molecule has 5 heteroatoms. The van der Waals surface area contributed by atoms with Gasteiger partial charge in [0.25, 0.3) is 0 Å². The average Bonchev–Trinajstić information content (AvgIpc) is 2.36. The lowest BCUT2D eigenvalue weighted by atomic mass is 9.87. The van der Waals surface area contributed by atoms with E-state index in [1.54, 1.807) is 6.07 Å². The van der Waals surface area contributed by atoms with Crippen LogP contribution >= 0.6 is 15.9 Å². The third-order valence-electron chi connectivity index (χ3n) is 4.26. The first kappa shape index (κ1) is 16.0. The largest absolute Gasteiger partial charge is 0.241 e. The van der Waals surface area contributed by atoms with Crippen LogP contribution in [0.3, 0.4) is 0 Å². The van der Waals surface area contributed by atoms with E-state index >= 15 is 0 Å². The van der Waals surface area contributed by atoms with Gasteiger partial charge in [-0.2, -0.15) is 0 Å².